The standard InChI is InChI=1S/C27H22FN7O3S/c1-16-14-35(15-32-16)20-10-17(24-13-31-26(28)39-24)9-19(11-20)34-27(37)33-18-3-5-21(6-4-18)38-22-7-8-30-23(12-22)25(36)29-2/h3-15H,1-2H3,(H,29,36)(H2,33,34,37). The molecule has 0 aliphatic carbocycles. The number of carbonyl (C=O) groups is 2. The van der Waals surface area contributed by atoms with Crippen LogP contribution in [0.25, 0.3) is 16.1 Å². The summed E-state index contributed by atoms with van der Waals surface area (Å²) >= 11 is 0.919. The molecule has 0 radical (unpaired) electrons. The maximum atomic E-state index is 13.6. The molecule has 0 aliphatic rings. The second-order valence-corrected chi connectivity index (χ2v) is 9.31. The maximum absolute atomic E-state index is 13.6. The van der Waals surface area contributed by atoms with E-state index in [9.17, 15) is 14.0 Å². The number of hydrogen-bond acceptors (Lipinski definition) is 7. The molecule has 39 heavy (non-hydrogen) atoms. The topological polar surface area (TPSA) is 123 Å². The van der Waals surface area contributed by atoms with Crippen molar-refractivity contribution >= 4 is 34.6 Å². The smallest absolute Gasteiger partial charge is 0.323 e. The quantitative estimate of drug-likeness (QED) is 0.244. The van der Waals surface area contributed by atoms with Gasteiger partial charge in [-0.3, -0.25) is 9.78 Å². The normalized spacial score (nSPS) is 10.6. The molecule has 12 heteroatoms. The highest BCUT2D eigenvalue weighted by Gasteiger charge is 2.12. The van der Waals surface area contributed by atoms with Gasteiger partial charge in [0, 0.05) is 48.8 Å². The lowest BCUT2D eigenvalue weighted by molar-refractivity contribution is 0.0957. The molecule has 196 valence electrons. The predicted octanol–water partition coefficient (Wildman–Crippen LogP) is 5.63. The second-order valence-electron chi connectivity index (χ2n) is 8.33. The number of anilines is 2. The van der Waals surface area contributed by atoms with Crippen LogP contribution in [0.4, 0.5) is 20.6 Å². The minimum absolute atomic E-state index is 0.237. The van der Waals surface area contributed by atoms with Gasteiger partial charge in [-0.15, -0.1) is 0 Å². The van der Waals surface area contributed by atoms with E-state index in [1.807, 2.05) is 23.8 Å². The Kier molecular flexibility index (Phi) is 7.28. The lowest BCUT2D eigenvalue weighted by Gasteiger charge is -2.12. The number of nitrogens with zero attached hydrogens (tertiary/aromatic N) is 4. The van der Waals surface area contributed by atoms with Crippen LogP contribution >= 0.6 is 11.3 Å². The summed E-state index contributed by atoms with van der Waals surface area (Å²) < 4.78 is 21.2. The number of halogens is 1. The Morgan fingerprint density at radius 3 is 2.44 bits per heavy atom. The van der Waals surface area contributed by atoms with E-state index in [1.165, 1.54) is 25.5 Å². The molecule has 3 N–H and O–H groups in total. The molecule has 0 unspecified atom stereocenters. The number of urea groups is 1. The number of benzene rings is 2. The summed E-state index contributed by atoms with van der Waals surface area (Å²) in [6.45, 7) is 1.88. The van der Waals surface area contributed by atoms with E-state index in [4.69, 9.17) is 4.74 Å². The number of hydrogen-bond donors (Lipinski definition) is 3. The zero-order valence-corrected chi connectivity index (χ0v) is 21.6. The van der Waals surface area contributed by atoms with Crippen LogP contribution in [0.2, 0.25) is 0 Å². The van der Waals surface area contributed by atoms with Gasteiger partial charge in [0.05, 0.1) is 16.9 Å². The minimum Gasteiger partial charge on any atom is -0.457 e. The summed E-state index contributed by atoms with van der Waals surface area (Å²) in [6, 6.07) is 14.9. The van der Waals surface area contributed by atoms with Gasteiger partial charge in [0.1, 0.15) is 17.2 Å². The SMILES string of the molecule is CNC(=O)c1cc(Oc2ccc(NC(=O)Nc3cc(-c4cnc(F)s4)cc(-n4cnc(C)c4)c3)cc2)ccn1. The van der Waals surface area contributed by atoms with Gasteiger partial charge >= 0.3 is 6.03 Å². The highest BCUT2D eigenvalue weighted by Crippen LogP contribution is 2.31. The average Bonchev–Trinajstić information content (AvgIpc) is 3.57. The zero-order chi connectivity index (χ0) is 27.4. The van der Waals surface area contributed by atoms with Crippen LogP contribution in [0.3, 0.4) is 0 Å². The molecule has 5 aromatic rings. The fraction of sp³-hybridized carbons (Fsp3) is 0.0741. The van der Waals surface area contributed by atoms with Gasteiger partial charge in [-0.2, -0.15) is 4.39 Å². The lowest BCUT2D eigenvalue weighted by atomic mass is 10.1. The first-order chi connectivity index (χ1) is 18.9. The van der Waals surface area contributed by atoms with Gasteiger partial charge in [0.25, 0.3) is 11.2 Å². The molecule has 5 rings (SSSR count). The first-order valence-corrected chi connectivity index (χ1v) is 12.5. The van der Waals surface area contributed by atoms with Crippen LogP contribution in [-0.4, -0.2) is 38.5 Å². The van der Waals surface area contributed by atoms with Crippen LogP contribution in [0.1, 0.15) is 16.2 Å². The van der Waals surface area contributed by atoms with E-state index in [-0.39, 0.29) is 11.6 Å². The number of ether oxygens (including phenoxy) is 1. The molecular weight excluding hydrogens is 521 g/mol. The van der Waals surface area contributed by atoms with Gasteiger partial charge in [0.2, 0.25) is 0 Å². The van der Waals surface area contributed by atoms with E-state index in [0.717, 1.165) is 22.7 Å². The van der Waals surface area contributed by atoms with Gasteiger partial charge in [0.15, 0.2) is 0 Å². The molecule has 3 aromatic heterocycles. The number of aryl methyl sites for hydroxylation is 1. The van der Waals surface area contributed by atoms with Crippen molar-refractivity contribution in [3.05, 3.63) is 96.2 Å². The average molecular weight is 544 g/mol. The number of thiazole rings is 1. The minimum atomic E-state index is -0.538. The highest BCUT2D eigenvalue weighted by atomic mass is 32.1. The molecule has 0 spiro atoms. The van der Waals surface area contributed by atoms with Crippen molar-refractivity contribution in [1.29, 1.82) is 0 Å². The van der Waals surface area contributed by atoms with Crippen molar-refractivity contribution in [2.75, 3.05) is 17.7 Å². The molecule has 3 heterocycles. The molecule has 0 aliphatic heterocycles. The Balaban J connectivity index is 1.29. The summed E-state index contributed by atoms with van der Waals surface area (Å²) in [5.41, 5.74) is 3.55. The van der Waals surface area contributed by atoms with Crippen molar-refractivity contribution in [2.24, 2.45) is 0 Å². The van der Waals surface area contributed by atoms with E-state index in [1.54, 1.807) is 48.8 Å². The third-order valence-electron chi connectivity index (χ3n) is 5.49. The highest BCUT2D eigenvalue weighted by molar-refractivity contribution is 7.13. The monoisotopic (exact) mass is 543 g/mol. The Hall–Kier alpha value is -5.10. The van der Waals surface area contributed by atoms with E-state index >= 15 is 0 Å². The third kappa shape index (κ3) is 6.25. The van der Waals surface area contributed by atoms with Crippen molar-refractivity contribution in [2.45, 2.75) is 6.92 Å². The summed E-state index contributed by atoms with van der Waals surface area (Å²) in [5, 5.41) is 7.59. The molecule has 2 aromatic carbocycles. The molecule has 0 bridgehead atoms. The fourth-order valence-electron chi connectivity index (χ4n) is 3.69. The number of amides is 3. The first-order valence-electron chi connectivity index (χ1n) is 11.7. The largest absolute Gasteiger partial charge is 0.457 e. The Morgan fingerprint density at radius 1 is 0.949 bits per heavy atom. The number of carbonyl (C=O) groups excluding carboxylic acids is 2. The molecular formula is C27H22FN7O3S. The van der Waals surface area contributed by atoms with Gasteiger partial charge in [-0.25, -0.2) is 14.8 Å². The molecule has 0 atom stereocenters. The number of nitrogens with one attached hydrogen (secondary N) is 3. The predicted molar refractivity (Wildman–Crippen MR) is 146 cm³/mol. The third-order valence-corrected chi connectivity index (χ3v) is 6.32. The van der Waals surface area contributed by atoms with Crippen LogP contribution in [-0.2, 0) is 0 Å². The number of pyridine rings is 1. The summed E-state index contributed by atoms with van der Waals surface area (Å²) in [7, 11) is 1.53. The zero-order valence-electron chi connectivity index (χ0n) is 20.8. The molecule has 0 saturated carbocycles. The fourth-order valence-corrected chi connectivity index (χ4v) is 4.31. The second kappa shape index (κ2) is 11.1. The van der Waals surface area contributed by atoms with Gasteiger partial charge in [-0.1, -0.05) is 11.3 Å². The number of rotatable bonds is 7. The van der Waals surface area contributed by atoms with Crippen LogP contribution < -0.4 is 20.7 Å². The Morgan fingerprint density at radius 2 is 1.74 bits per heavy atom. The van der Waals surface area contributed by atoms with Crippen LogP contribution in [0.5, 0.6) is 11.5 Å². The molecule has 0 saturated heterocycles. The van der Waals surface area contributed by atoms with Crippen molar-refractivity contribution in [1.82, 2.24) is 24.8 Å². The molecule has 3 amide bonds. The van der Waals surface area contributed by atoms with E-state index < -0.39 is 11.3 Å². The number of imidazole rings is 1. The van der Waals surface area contributed by atoms with Crippen molar-refractivity contribution in [3.63, 3.8) is 0 Å². The van der Waals surface area contributed by atoms with Gasteiger partial charge in [-0.05, 0) is 61.0 Å². The van der Waals surface area contributed by atoms with Gasteiger partial charge < -0.3 is 25.3 Å². The lowest BCUT2D eigenvalue weighted by Crippen LogP contribution is -2.19. The molecule has 10 nitrogen and oxygen atoms in total. The first kappa shape index (κ1) is 25.5. The van der Waals surface area contributed by atoms with Crippen molar-refractivity contribution < 1.29 is 18.7 Å². The molecule has 0 fully saturated rings. The van der Waals surface area contributed by atoms with Crippen LogP contribution in [0.15, 0.2) is 79.5 Å². The summed E-state index contributed by atoms with van der Waals surface area (Å²) in [5.74, 6) is 0.648. The summed E-state index contributed by atoms with van der Waals surface area (Å²) in [6.07, 6.45) is 6.46. The van der Waals surface area contributed by atoms with Crippen LogP contribution in [0, 0.1) is 12.2 Å². The Bertz CT molecular complexity index is 1590. The van der Waals surface area contributed by atoms with E-state index in [2.05, 4.69) is 30.9 Å². The van der Waals surface area contributed by atoms with Crippen molar-refractivity contribution in [3.8, 4) is 27.6 Å². The number of aromatic nitrogens is 4. The summed E-state index contributed by atoms with van der Waals surface area (Å²) in [4.78, 5) is 37.2. The van der Waals surface area contributed by atoms with E-state index in [0.29, 0.717) is 33.3 Å². The maximum Gasteiger partial charge on any atom is 0.323 e. The Labute approximate surface area is 226 Å².